The molecule has 1 saturated heterocycles. The molecule has 3 nitrogen and oxygen atoms in total. The molecule has 0 aromatic rings. The van der Waals surface area contributed by atoms with E-state index in [-0.39, 0.29) is 6.10 Å². The molecule has 0 aromatic carbocycles. The summed E-state index contributed by atoms with van der Waals surface area (Å²) in [6.45, 7) is 13.1. The van der Waals surface area contributed by atoms with Gasteiger partial charge in [0, 0.05) is 25.7 Å². The van der Waals surface area contributed by atoms with Gasteiger partial charge in [0.2, 0.25) is 0 Å². The van der Waals surface area contributed by atoms with E-state index in [4.69, 9.17) is 0 Å². The van der Waals surface area contributed by atoms with Crippen LogP contribution in [0.25, 0.3) is 0 Å². The van der Waals surface area contributed by atoms with Crippen molar-refractivity contribution < 1.29 is 5.11 Å². The number of nitrogens with one attached hydrogen (secondary N) is 1. The first-order chi connectivity index (χ1) is 8.06. The lowest BCUT2D eigenvalue weighted by molar-refractivity contribution is 0.0321. The van der Waals surface area contributed by atoms with Crippen LogP contribution < -0.4 is 5.32 Å². The molecule has 2 N–H and O–H groups in total. The lowest BCUT2D eigenvalue weighted by Crippen LogP contribution is -2.52. The van der Waals surface area contributed by atoms with Crippen LogP contribution >= 0.6 is 0 Å². The van der Waals surface area contributed by atoms with Crippen LogP contribution in [-0.2, 0) is 0 Å². The molecule has 3 unspecified atom stereocenters. The number of likely N-dealkylation sites (tertiary alicyclic amines) is 1. The van der Waals surface area contributed by atoms with Crippen molar-refractivity contribution in [3.05, 3.63) is 0 Å². The van der Waals surface area contributed by atoms with Crippen LogP contribution in [0.15, 0.2) is 0 Å². The van der Waals surface area contributed by atoms with Gasteiger partial charge in [-0.25, -0.2) is 0 Å². The maximum atomic E-state index is 10.1. The van der Waals surface area contributed by atoms with E-state index >= 15 is 0 Å². The summed E-state index contributed by atoms with van der Waals surface area (Å²) in [6.07, 6.45) is 1.86. The third-order valence-electron chi connectivity index (χ3n) is 3.64. The predicted molar refractivity (Wildman–Crippen MR) is 73.1 cm³/mol. The van der Waals surface area contributed by atoms with E-state index in [0.717, 1.165) is 39.0 Å². The van der Waals surface area contributed by atoms with Crippen molar-refractivity contribution in [2.45, 2.75) is 52.7 Å². The lowest BCUT2D eigenvalue weighted by Gasteiger charge is -2.40. The third-order valence-corrected chi connectivity index (χ3v) is 3.64. The molecule has 0 spiro atoms. The number of piperidine rings is 1. The number of likely N-dealkylation sites (N-methyl/N-ethyl adjacent to an activating group) is 1. The minimum absolute atomic E-state index is 0.133. The van der Waals surface area contributed by atoms with Crippen LogP contribution in [0.3, 0.4) is 0 Å². The van der Waals surface area contributed by atoms with Crippen LogP contribution in [0.2, 0.25) is 0 Å². The average molecular weight is 242 g/mol. The van der Waals surface area contributed by atoms with Gasteiger partial charge in [-0.3, -0.25) is 0 Å². The molecule has 1 aliphatic rings. The average Bonchev–Trinajstić information content (AvgIpc) is 2.27. The molecular weight excluding hydrogens is 212 g/mol. The highest BCUT2D eigenvalue weighted by Gasteiger charge is 2.30. The molecule has 1 heterocycles. The third kappa shape index (κ3) is 4.94. The van der Waals surface area contributed by atoms with Crippen LogP contribution in [0.5, 0.6) is 0 Å². The minimum atomic E-state index is -0.133. The van der Waals surface area contributed by atoms with E-state index in [9.17, 15) is 5.11 Å². The molecule has 102 valence electrons. The Hall–Kier alpha value is -0.120. The summed E-state index contributed by atoms with van der Waals surface area (Å²) in [4.78, 5) is 2.52. The second kappa shape index (κ2) is 7.34. The molecule has 0 saturated carbocycles. The zero-order valence-corrected chi connectivity index (χ0v) is 11.9. The summed E-state index contributed by atoms with van der Waals surface area (Å²) in [5.74, 6) is 1.14. The van der Waals surface area contributed by atoms with Crippen LogP contribution in [0.1, 0.15) is 40.5 Å². The quantitative estimate of drug-likeness (QED) is 0.744. The first-order valence-corrected chi connectivity index (χ1v) is 7.20. The van der Waals surface area contributed by atoms with Gasteiger partial charge in [-0.2, -0.15) is 0 Å². The summed E-state index contributed by atoms with van der Waals surface area (Å²) in [6, 6.07) is 0.554. The maximum Gasteiger partial charge on any atom is 0.0578 e. The summed E-state index contributed by atoms with van der Waals surface area (Å²) < 4.78 is 0. The normalized spacial score (nSPS) is 28.6. The van der Waals surface area contributed by atoms with E-state index in [2.05, 4.69) is 37.9 Å². The van der Waals surface area contributed by atoms with Gasteiger partial charge >= 0.3 is 0 Å². The molecule has 0 aliphatic carbocycles. The Labute approximate surface area is 107 Å². The van der Waals surface area contributed by atoms with Gasteiger partial charge in [0.25, 0.3) is 0 Å². The Morgan fingerprint density at radius 2 is 2.00 bits per heavy atom. The van der Waals surface area contributed by atoms with Crippen molar-refractivity contribution in [2.75, 3.05) is 26.2 Å². The molecule has 0 bridgehead atoms. The highest BCUT2D eigenvalue weighted by Crippen LogP contribution is 2.22. The lowest BCUT2D eigenvalue weighted by atomic mass is 9.88. The number of hydrogen-bond donors (Lipinski definition) is 2. The molecule has 1 aliphatic heterocycles. The molecule has 0 amide bonds. The van der Waals surface area contributed by atoms with Crippen molar-refractivity contribution in [1.29, 1.82) is 0 Å². The van der Waals surface area contributed by atoms with Crippen molar-refractivity contribution >= 4 is 0 Å². The Kier molecular flexibility index (Phi) is 6.45. The van der Waals surface area contributed by atoms with Crippen molar-refractivity contribution in [2.24, 2.45) is 11.8 Å². The smallest absolute Gasteiger partial charge is 0.0578 e. The molecule has 0 aromatic heterocycles. The number of hydrogen-bond acceptors (Lipinski definition) is 3. The van der Waals surface area contributed by atoms with E-state index in [1.54, 1.807) is 0 Å². The Morgan fingerprint density at radius 3 is 2.53 bits per heavy atom. The standard InChI is InChI=1S/C14H30N2O/c1-5-14(17)12-7-13(15-6-2)10-16(9-12)8-11(3)4/h11-15,17H,5-10H2,1-4H3. The van der Waals surface area contributed by atoms with Gasteiger partial charge in [0.05, 0.1) is 6.10 Å². The van der Waals surface area contributed by atoms with Gasteiger partial charge in [0.15, 0.2) is 0 Å². The predicted octanol–water partition coefficient (Wildman–Crippen LogP) is 1.71. The fraction of sp³-hybridized carbons (Fsp3) is 1.00. The second-order valence-electron chi connectivity index (χ2n) is 5.84. The number of rotatable bonds is 6. The zero-order valence-electron chi connectivity index (χ0n) is 11.9. The highest BCUT2D eigenvalue weighted by atomic mass is 16.3. The van der Waals surface area contributed by atoms with Gasteiger partial charge in [-0.1, -0.05) is 27.7 Å². The molecule has 1 rings (SSSR count). The summed E-state index contributed by atoms with van der Waals surface area (Å²) in [7, 11) is 0. The second-order valence-corrected chi connectivity index (χ2v) is 5.84. The van der Waals surface area contributed by atoms with Crippen molar-refractivity contribution in [1.82, 2.24) is 10.2 Å². The SMILES string of the molecule is CCNC1CC(C(O)CC)CN(CC(C)C)C1. The van der Waals surface area contributed by atoms with Crippen molar-refractivity contribution in [3.8, 4) is 0 Å². The van der Waals surface area contributed by atoms with Crippen LogP contribution in [-0.4, -0.2) is 48.3 Å². The van der Waals surface area contributed by atoms with Gasteiger partial charge in [0.1, 0.15) is 0 Å². The Morgan fingerprint density at radius 1 is 1.29 bits per heavy atom. The van der Waals surface area contributed by atoms with Gasteiger partial charge < -0.3 is 15.3 Å². The summed E-state index contributed by atoms with van der Waals surface area (Å²) >= 11 is 0. The zero-order chi connectivity index (χ0) is 12.8. The monoisotopic (exact) mass is 242 g/mol. The fourth-order valence-electron chi connectivity index (χ4n) is 2.95. The molecule has 1 fully saturated rings. The molecule has 17 heavy (non-hydrogen) atoms. The minimum Gasteiger partial charge on any atom is -0.393 e. The largest absolute Gasteiger partial charge is 0.393 e. The molecule has 3 atom stereocenters. The first kappa shape index (κ1) is 14.9. The van der Waals surface area contributed by atoms with Gasteiger partial charge in [-0.05, 0) is 31.2 Å². The summed E-state index contributed by atoms with van der Waals surface area (Å²) in [5.41, 5.74) is 0. The Balaban J connectivity index is 2.55. The Bertz CT molecular complexity index is 208. The number of nitrogens with zero attached hydrogens (tertiary/aromatic N) is 1. The fourth-order valence-corrected chi connectivity index (χ4v) is 2.95. The van der Waals surface area contributed by atoms with Crippen molar-refractivity contribution in [3.63, 3.8) is 0 Å². The van der Waals surface area contributed by atoms with E-state index in [1.165, 1.54) is 0 Å². The number of aliphatic hydroxyl groups excluding tert-OH is 1. The van der Waals surface area contributed by atoms with Gasteiger partial charge in [-0.15, -0.1) is 0 Å². The summed E-state index contributed by atoms with van der Waals surface area (Å²) in [5, 5.41) is 13.6. The highest BCUT2D eigenvalue weighted by molar-refractivity contribution is 4.86. The van der Waals surface area contributed by atoms with E-state index < -0.39 is 0 Å². The maximum absolute atomic E-state index is 10.1. The van der Waals surface area contributed by atoms with E-state index in [1.807, 2.05) is 0 Å². The van der Waals surface area contributed by atoms with E-state index in [0.29, 0.717) is 17.9 Å². The molecule has 0 radical (unpaired) electrons. The molecule has 3 heteroatoms. The number of aliphatic hydroxyl groups is 1. The molecular formula is C14H30N2O. The topological polar surface area (TPSA) is 35.5 Å². The first-order valence-electron chi connectivity index (χ1n) is 7.20. The van der Waals surface area contributed by atoms with Crippen LogP contribution in [0, 0.1) is 11.8 Å². The van der Waals surface area contributed by atoms with Crippen LogP contribution in [0.4, 0.5) is 0 Å².